The zero-order valence-electron chi connectivity index (χ0n) is 10.8. The van der Waals surface area contributed by atoms with E-state index in [1.165, 1.54) is 11.8 Å². The third-order valence-electron chi connectivity index (χ3n) is 2.90. The van der Waals surface area contributed by atoms with Crippen LogP contribution in [0.5, 0.6) is 0 Å². The molecule has 0 spiro atoms. The highest BCUT2D eigenvalue weighted by Crippen LogP contribution is 2.29. The van der Waals surface area contributed by atoms with Crippen LogP contribution in [0.25, 0.3) is 0 Å². The van der Waals surface area contributed by atoms with Gasteiger partial charge in [-0.1, -0.05) is 11.6 Å². The van der Waals surface area contributed by atoms with Crippen LogP contribution in [0.4, 0.5) is 5.69 Å². The van der Waals surface area contributed by atoms with Crippen molar-refractivity contribution in [2.75, 3.05) is 31.2 Å². The number of thioether (sulfide) groups is 1. The molecular formula is C13H17ClN2O2S. The number of hydrogen-bond acceptors (Lipinski definition) is 4. The van der Waals surface area contributed by atoms with Gasteiger partial charge in [0.05, 0.1) is 23.5 Å². The maximum atomic E-state index is 12.1. The molecule has 1 fully saturated rings. The number of amides is 1. The maximum Gasteiger partial charge on any atom is 0.233 e. The number of anilines is 1. The summed E-state index contributed by atoms with van der Waals surface area (Å²) in [5, 5.41) is 0.591. The van der Waals surface area contributed by atoms with E-state index in [2.05, 4.69) is 0 Å². The SMILES string of the molecule is CC1CN(C(=O)CSc2ccc(N)cc2Cl)CCO1. The second-order valence-corrected chi connectivity index (χ2v) is 5.92. The van der Waals surface area contributed by atoms with Gasteiger partial charge in [0.1, 0.15) is 0 Å². The van der Waals surface area contributed by atoms with Gasteiger partial charge in [0.2, 0.25) is 5.91 Å². The third kappa shape index (κ3) is 4.03. The minimum absolute atomic E-state index is 0.114. The maximum absolute atomic E-state index is 12.1. The molecule has 0 aliphatic carbocycles. The van der Waals surface area contributed by atoms with Crippen LogP contribution in [0, 0.1) is 0 Å². The van der Waals surface area contributed by atoms with E-state index >= 15 is 0 Å². The molecule has 0 bridgehead atoms. The Bertz CT molecular complexity index is 470. The molecule has 104 valence electrons. The Morgan fingerprint density at radius 1 is 1.63 bits per heavy atom. The Labute approximate surface area is 122 Å². The monoisotopic (exact) mass is 300 g/mol. The average Bonchev–Trinajstić information content (AvgIpc) is 2.37. The first kappa shape index (κ1) is 14.5. The first-order chi connectivity index (χ1) is 9.06. The number of halogens is 1. The highest BCUT2D eigenvalue weighted by Gasteiger charge is 2.21. The Kier molecular flexibility index (Phi) is 4.96. The van der Waals surface area contributed by atoms with Crippen molar-refractivity contribution in [2.24, 2.45) is 0 Å². The highest BCUT2D eigenvalue weighted by molar-refractivity contribution is 8.00. The average molecular weight is 301 g/mol. The van der Waals surface area contributed by atoms with Crippen molar-refractivity contribution in [2.45, 2.75) is 17.9 Å². The number of carbonyl (C=O) groups is 1. The second kappa shape index (κ2) is 6.50. The van der Waals surface area contributed by atoms with Gasteiger partial charge in [0, 0.05) is 23.7 Å². The van der Waals surface area contributed by atoms with E-state index in [0.717, 1.165) is 4.90 Å². The van der Waals surface area contributed by atoms with Crippen molar-refractivity contribution < 1.29 is 9.53 Å². The van der Waals surface area contributed by atoms with Gasteiger partial charge < -0.3 is 15.4 Å². The van der Waals surface area contributed by atoms with Crippen molar-refractivity contribution in [1.29, 1.82) is 0 Å². The lowest BCUT2D eigenvalue weighted by Crippen LogP contribution is -2.45. The number of hydrogen-bond donors (Lipinski definition) is 1. The Balaban J connectivity index is 1.89. The lowest BCUT2D eigenvalue weighted by molar-refractivity contribution is -0.135. The fourth-order valence-corrected chi connectivity index (χ4v) is 3.09. The first-order valence-corrected chi connectivity index (χ1v) is 7.50. The van der Waals surface area contributed by atoms with Crippen molar-refractivity contribution in [3.63, 3.8) is 0 Å². The van der Waals surface area contributed by atoms with Crippen molar-refractivity contribution in [1.82, 2.24) is 4.90 Å². The molecule has 1 aromatic carbocycles. The number of nitrogen functional groups attached to an aromatic ring is 1. The van der Waals surface area contributed by atoms with Gasteiger partial charge in [-0.15, -0.1) is 11.8 Å². The molecule has 1 heterocycles. The standard InChI is InChI=1S/C13H17ClN2O2S/c1-9-7-16(4-5-18-9)13(17)8-19-12-3-2-10(15)6-11(12)14/h2-3,6,9H,4-5,7-8,15H2,1H3. The van der Waals surface area contributed by atoms with E-state index in [4.69, 9.17) is 22.1 Å². The van der Waals surface area contributed by atoms with Crippen molar-refractivity contribution in [3.8, 4) is 0 Å². The highest BCUT2D eigenvalue weighted by atomic mass is 35.5. The summed E-state index contributed by atoms with van der Waals surface area (Å²) in [5.74, 6) is 0.504. The van der Waals surface area contributed by atoms with E-state index in [9.17, 15) is 4.79 Å². The van der Waals surface area contributed by atoms with Crippen LogP contribution in [-0.4, -0.2) is 42.4 Å². The van der Waals surface area contributed by atoms with Crippen LogP contribution in [-0.2, 0) is 9.53 Å². The van der Waals surface area contributed by atoms with Gasteiger partial charge in [0.15, 0.2) is 0 Å². The molecule has 1 atom stereocenters. The minimum Gasteiger partial charge on any atom is -0.399 e. The van der Waals surface area contributed by atoms with E-state index < -0.39 is 0 Å². The molecule has 0 saturated carbocycles. The summed E-state index contributed by atoms with van der Waals surface area (Å²) in [4.78, 5) is 14.8. The van der Waals surface area contributed by atoms with Crippen LogP contribution in [0.1, 0.15) is 6.92 Å². The summed E-state index contributed by atoms with van der Waals surface area (Å²) in [6.07, 6.45) is 0.114. The van der Waals surface area contributed by atoms with Gasteiger partial charge >= 0.3 is 0 Å². The molecule has 6 heteroatoms. The molecule has 2 rings (SSSR count). The molecule has 0 aromatic heterocycles. The molecule has 1 unspecified atom stereocenters. The quantitative estimate of drug-likeness (QED) is 0.687. The van der Waals surface area contributed by atoms with Crippen molar-refractivity contribution >= 4 is 35.0 Å². The van der Waals surface area contributed by atoms with Crippen LogP contribution >= 0.6 is 23.4 Å². The van der Waals surface area contributed by atoms with E-state index in [0.29, 0.717) is 36.2 Å². The Morgan fingerprint density at radius 3 is 3.11 bits per heavy atom. The van der Waals surface area contributed by atoms with Crippen LogP contribution in [0.3, 0.4) is 0 Å². The summed E-state index contributed by atoms with van der Waals surface area (Å²) in [6.45, 7) is 3.91. The largest absolute Gasteiger partial charge is 0.399 e. The molecule has 1 amide bonds. The molecule has 0 radical (unpaired) electrons. The molecule has 1 aromatic rings. The van der Waals surface area contributed by atoms with Gasteiger partial charge in [-0.25, -0.2) is 0 Å². The van der Waals surface area contributed by atoms with E-state index in [1.54, 1.807) is 12.1 Å². The van der Waals surface area contributed by atoms with Gasteiger partial charge in [-0.3, -0.25) is 4.79 Å². The molecule has 1 aliphatic heterocycles. The predicted molar refractivity (Wildman–Crippen MR) is 78.6 cm³/mol. The fourth-order valence-electron chi connectivity index (χ4n) is 1.91. The molecule has 1 aliphatic rings. The van der Waals surface area contributed by atoms with E-state index in [-0.39, 0.29) is 12.0 Å². The number of benzene rings is 1. The number of ether oxygens (including phenoxy) is 1. The Hall–Kier alpha value is -0.910. The summed E-state index contributed by atoms with van der Waals surface area (Å²) < 4.78 is 5.42. The molecule has 2 N–H and O–H groups in total. The lowest BCUT2D eigenvalue weighted by atomic mass is 10.3. The normalized spacial score (nSPS) is 19.5. The van der Waals surface area contributed by atoms with E-state index in [1.807, 2.05) is 17.9 Å². The van der Waals surface area contributed by atoms with Gasteiger partial charge in [-0.05, 0) is 25.1 Å². The molecule has 1 saturated heterocycles. The summed E-state index contributed by atoms with van der Waals surface area (Å²) in [7, 11) is 0. The zero-order valence-corrected chi connectivity index (χ0v) is 12.3. The molecular weight excluding hydrogens is 284 g/mol. The van der Waals surface area contributed by atoms with Gasteiger partial charge in [-0.2, -0.15) is 0 Å². The first-order valence-electron chi connectivity index (χ1n) is 6.13. The predicted octanol–water partition coefficient (Wildman–Crippen LogP) is 2.26. The molecule has 19 heavy (non-hydrogen) atoms. The number of nitrogens with two attached hydrogens (primary N) is 1. The van der Waals surface area contributed by atoms with Gasteiger partial charge in [0.25, 0.3) is 0 Å². The fraction of sp³-hybridized carbons (Fsp3) is 0.462. The number of morpholine rings is 1. The number of nitrogens with zero attached hydrogens (tertiary/aromatic N) is 1. The minimum atomic E-state index is 0.114. The zero-order chi connectivity index (χ0) is 13.8. The lowest BCUT2D eigenvalue weighted by Gasteiger charge is -2.31. The van der Waals surface area contributed by atoms with Crippen LogP contribution in [0.2, 0.25) is 5.02 Å². The summed E-state index contributed by atoms with van der Waals surface area (Å²) in [5.41, 5.74) is 6.26. The van der Waals surface area contributed by atoms with Crippen LogP contribution in [0.15, 0.2) is 23.1 Å². The molecule has 4 nitrogen and oxygen atoms in total. The summed E-state index contributed by atoms with van der Waals surface area (Å²) in [6, 6.07) is 5.33. The summed E-state index contributed by atoms with van der Waals surface area (Å²) >= 11 is 7.52. The smallest absolute Gasteiger partial charge is 0.233 e. The number of rotatable bonds is 3. The third-order valence-corrected chi connectivity index (χ3v) is 4.38. The Morgan fingerprint density at radius 2 is 2.42 bits per heavy atom. The number of carbonyl (C=O) groups excluding carboxylic acids is 1. The second-order valence-electron chi connectivity index (χ2n) is 4.50. The van der Waals surface area contributed by atoms with Crippen molar-refractivity contribution in [3.05, 3.63) is 23.2 Å². The topological polar surface area (TPSA) is 55.6 Å². The van der Waals surface area contributed by atoms with Crippen LogP contribution < -0.4 is 5.73 Å².